The predicted molar refractivity (Wildman–Crippen MR) is 101 cm³/mol. The minimum absolute atomic E-state index is 0.00488. The van der Waals surface area contributed by atoms with Gasteiger partial charge in [0.15, 0.2) is 0 Å². The maximum Gasteiger partial charge on any atom is 0.407 e. The van der Waals surface area contributed by atoms with Crippen molar-refractivity contribution in [2.75, 3.05) is 19.6 Å². The van der Waals surface area contributed by atoms with Crippen molar-refractivity contribution in [3.63, 3.8) is 0 Å². The number of benzene rings is 1. The van der Waals surface area contributed by atoms with Gasteiger partial charge in [-0.25, -0.2) is 9.18 Å². The molecule has 0 aliphatic carbocycles. The summed E-state index contributed by atoms with van der Waals surface area (Å²) in [5.41, 5.74) is 0.163. The Morgan fingerprint density at radius 1 is 1.31 bits per heavy atom. The molecule has 1 N–H and O–H groups in total. The molecule has 1 fully saturated rings. The highest BCUT2D eigenvalue weighted by Gasteiger charge is 2.24. The standard InChI is InChI=1S/C19H26BrFN2O3/c1-19(2,3)26-18(25)22-12-13-6-8-23(9-7-13)17(24)11-14-4-5-15(20)16(21)10-14/h4-5,10,13H,6-9,11-12H2,1-3H3,(H,22,25). The van der Waals surface area contributed by atoms with Crippen LogP contribution in [-0.2, 0) is 16.0 Å². The van der Waals surface area contributed by atoms with Crippen molar-refractivity contribution in [2.45, 2.75) is 45.6 Å². The van der Waals surface area contributed by atoms with Gasteiger partial charge in [-0.1, -0.05) is 6.07 Å². The van der Waals surface area contributed by atoms with Gasteiger partial charge in [0.05, 0.1) is 10.9 Å². The molecule has 0 radical (unpaired) electrons. The topological polar surface area (TPSA) is 58.6 Å². The number of nitrogens with one attached hydrogen (secondary N) is 1. The van der Waals surface area contributed by atoms with Crippen LogP contribution in [0.5, 0.6) is 0 Å². The Kier molecular flexibility index (Phi) is 7.03. The third-order valence-electron chi connectivity index (χ3n) is 4.24. The van der Waals surface area contributed by atoms with Gasteiger partial charge in [0.2, 0.25) is 5.91 Å². The third kappa shape index (κ3) is 6.59. The molecule has 0 spiro atoms. The number of hydrogen-bond donors (Lipinski definition) is 1. The zero-order valence-electron chi connectivity index (χ0n) is 15.5. The first-order chi connectivity index (χ1) is 12.1. The molecule has 0 bridgehead atoms. The fraction of sp³-hybridized carbons (Fsp3) is 0.579. The van der Waals surface area contributed by atoms with Crippen molar-refractivity contribution in [3.05, 3.63) is 34.1 Å². The van der Waals surface area contributed by atoms with Crippen LogP contribution in [0.15, 0.2) is 22.7 Å². The summed E-state index contributed by atoms with van der Waals surface area (Å²) in [4.78, 5) is 25.9. The number of piperidine rings is 1. The van der Waals surface area contributed by atoms with E-state index >= 15 is 0 Å². The van der Waals surface area contributed by atoms with Gasteiger partial charge in [-0.3, -0.25) is 4.79 Å². The molecule has 0 aromatic heterocycles. The average Bonchev–Trinajstić information content (AvgIpc) is 2.55. The monoisotopic (exact) mass is 428 g/mol. The van der Waals surface area contributed by atoms with Gasteiger partial charge in [-0.15, -0.1) is 0 Å². The molecule has 1 heterocycles. The van der Waals surface area contributed by atoms with Crippen LogP contribution in [-0.4, -0.2) is 42.1 Å². The van der Waals surface area contributed by atoms with E-state index in [4.69, 9.17) is 4.74 Å². The highest BCUT2D eigenvalue weighted by Crippen LogP contribution is 2.20. The Bertz CT molecular complexity index is 653. The smallest absolute Gasteiger partial charge is 0.407 e. The van der Waals surface area contributed by atoms with Crippen LogP contribution in [0.25, 0.3) is 0 Å². The minimum atomic E-state index is -0.508. The highest BCUT2D eigenvalue weighted by molar-refractivity contribution is 9.10. The van der Waals surface area contributed by atoms with E-state index in [0.29, 0.717) is 35.6 Å². The lowest BCUT2D eigenvalue weighted by Crippen LogP contribution is -2.42. The molecule has 1 aliphatic rings. The zero-order chi connectivity index (χ0) is 19.3. The lowest BCUT2D eigenvalue weighted by atomic mass is 9.96. The lowest BCUT2D eigenvalue weighted by Gasteiger charge is -2.32. The number of ether oxygens (including phenoxy) is 1. The molecule has 5 nitrogen and oxygen atoms in total. The summed E-state index contributed by atoms with van der Waals surface area (Å²) in [7, 11) is 0. The Labute approximate surface area is 162 Å². The number of halogens is 2. The average molecular weight is 429 g/mol. The van der Waals surface area contributed by atoms with E-state index in [-0.39, 0.29) is 18.1 Å². The van der Waals surface area contributed by atoms with Crippen molar-refractivity contribution in [1.29, 1.82) is 0 Å². The van der Waals surface area contributed by atoms with Crippen molar-refractivity contribution in [1.82, 2.24) is 10.2 Å². The van der Waals surface area contributed by atoms with E-state index in [1.165, 1.54) is 6.07 Å². The fourth-order valence-electron chi connectivity index (χ4n) is 2.86. The van der Waals surface area contributed by atoms with E-state index < -0.39 is 11.7 Å². The second-order valence-electron chi connectivity index (χ2n) is 7.63. The lowest BCUT2D eigenvalue weighted by molar-refractivity contribution is -0.131. The maximum atomic E-state index is 13.6. The van der Waals surface area contributed by atoms with Gasteiger partial charge in [-0.05, 0) is 73.2 Å². The molecule has 1 aromatic carbocycles. The maximum absolute atomic E-state index is 13.6. The molecule has 1 aliphatic heterocycles. The number of carbonyl (C=O) groups excluding carboxylic acids is 2. The van der Waals surface area contributed by atoms with Crippen LogP contribution in [0.2, 0.25) is 0 Å². The van der Waals surface area contributed by atoms with Crippen LogP contribution in [0.1, 0.15) is 39.2 Å². The molecule has 0 atom stereocenters. The SMILES string of the molecule is CC(C)(C)OC(=O)NCC1CCN(C(=O)Cc2ccc(Br)c(F)c2)CC1. The van der Waals surface area contributed by atoms with Crippen molar-refractivity contribution in [3.8, 4) is 0 Å². The molecular formula is C19H26BrFN2O3. The third-order valence-corrected chi connectivity index (χ3v) is 4.88. The van der Waals surface area contributed by atoms with Crippen molar-refractivity contribution in [2.24, 2.45) is 5.92 Å². The van der Waals surface area contributed by atoms with Gasteiger partial charge >= 0.3 is 6.09 Å². The van der Waals surface area contributed by atoms with E-state index in [1.54, 1.807) is 12.1 Å². The Balaban J connectivity index is 1.74. The van der Waals surface area contributed by atoms with Gasteiger partial charge in [0.25, 0.3) is 0 Å². The molecular weight excluding hydrogens is 403 g/mol. The molecule has 1 aromatic rings. The molecule has 2 amide bonds. The summed E-state index contributed by atoms with van der Waals surface area (Å²) in [6, 6.07) is 4.76. The van der Waals surface area contributed by atoms with Crippen LogP contribution in [0.3, 0.4) is 0 Å². The zero-order valence-corrected chi connectivity index (χ0v) is 17.1. The summed E-state index contributed by atoms with van der Waals surface area (Å²) in [5, 5.41) is 2.79. The van der Waals surface area contributed by atoms with Crippen LogP contribution >= 0.6 is 15.9 Å². The number of alkyl carbamates (subject to hydrolysis) is 1. The Morgan fingerprint density at radius 2 is 1.96 bits per heavy atom. The molecule has 144 valence electrons. The van der Waals surface area contributed by atoms with E-state index in [0.717, 1.165) is 12.8 Å². The fourth-order valence-corrected chi connectivity index (χ4v) is 3.11. The first-order valence-corrected chi connectivity index (χ1v) is 9.62. The summed E-state index contributed by atoms with van der Waals surface area (Å²) < 4.78 is 19.2. The number of hydrogen-bond acceptors (Lipinski definition) is 3. The summed E-state index contributed by atoms with van der Waals surface area (Å²) in [6.07, 6.45) is 1.45. The number of carbonyl (C=O) groups is 2. The summed E-state index contributed by atoms with van der Waals surface area (Å²) in [6.45, 7) is 7.34. The second kappa shape index (κ2) is 8.84. The molecule has 0 unspecified atom stereocenters. The molecule has 2 rings (SSSR count). The quantitative estimate of drug-likeness (QED) is 0.790. The van der Waals surface area contributed by atoms with Crippen LogP contribution < -0.4 is 5.32 Å². The Morgan fingerprint density at radius 3 is 2.54 bits per heavy atom. The number of nitrogens with zero attached hydrogens (tertiary/aromatic N) is 1. The predicted octanol–water partition coefficient (Wildman–Crippen LogP) is 3.89. The van der Waals surface area contributed by atoms with Gasteiger partial charge in [0, 0.05) is 19.6 Å². The minimum Gasteiger partial charge on any atom is -0.444 e. The van der Waals surface area contributed by atoms with E-state index in [9.17, 15) is 14.0 Å². The second-order valence-corrected chi connectivity index (χ2v) is 8.49. The number of rotatable bonds is 4. The van der Waals surface area contributed by atoms with Crippen LogP contribution in [0.4, 0.5) is 9.18 Å². The molecule has 7 heteroatoms. The first-order valence-electron chi connectivity index (χ1n) is 8.82. The molecule has 0 saturated carbocycles. The van der Waals surface area contributed by atoms with Crippen molar-refractivity contribution < 1.29 is 18.7 Å². The Hall–Kier alpha value is -1.63. The normalized spacial score (nSPS) is 15.7. The largest absolute Gasteiger partial charge is 0.444 e. The number of likely N-dealkylation sites (tertiary alicyclic amines) is 1. The van der Waals surface area contributed by atoms with Gasteiger partial charge in [-0.2, -0.15) is 0 Å². The van der Waals surface area contributed by atoms with Crippen LogP contribution in [0, 0.1) is 11.7 Å². The van der Waals surface area contributed by atoms with Crippen molar-refractivity contribution >= 4 is 27.9 Å². The van der Waals surface area contributed by atoms with Gasteiger partial charge < -0.3 is 15.0 Å². The van der Waals surface area contributed by atoms with Gasteiger partial charge in [0.1, 0.15) is 11.4 Å². The van der Waals surface area contributed by atoms with E-state index in [1.807, 2.05) is 25.7 Å². The molecule has 1 saturated heterocycles. The first kappa shape index (κ1) is 20.7. The number of amides is 2. The highest BCUT2D eigenvalue weighted by atomic mass is 79.9. The summed E-state index contributed by atoms with van der Waals surface area (Å²) >= 11 is 3.11. The van der Waals surface area contributed by atoms with E-state index in [2.05, 4.69) is 21.2 Å². The summed E-state index contributed by atoms with van der Waals surface area (Å²) in [5.74, 6) is -0.0239. The molecule has 26 heavy (non-hydrogen) atoms.